The summed E-state index contributed by atoms with van der Waals surface area (Å²) in [6, 6.07) is 8.49. The number of benzene rings is 2. The summed E-state index contributed by atoms with van der Waals surface area (Å²) in [6.07, 6.45) is 0. The summed E-state index contributed by atoms with van der Waals surface area (Å²) in [6.45, 7) is 0. The zero-order valence-electron chi connectivity index (χ0n) is 10.9. The van der Waals surface area contributed by atoms with Gasteiger partial charge in [-0.1, -0.05) is 11.6 Å². The van der Waals surface area contributed by atoms with Crippen molar-refractivity contribution in [1.82, 2.24) is 0 Å². The van der Waals surface area contributed by atoms with Gasteiger partial charge in [-0.2, -0.15) is 8.42 Å². The second-order valence-corrected chi connectivity index (χ2v) is 7.77. The lowest BCUT2D eigenvalue weighted by Gasteiger charge is -2.10. The minimum Gasteiger partial charge on any atom is -0.399 e. The van der Waals surface area contributed by atoms with Crippen molar-refractivity contribution in [1.29, 1.82) is 0 Å². The zero-order valence-corrected chi connectivity index (χ0v) is 13.3. The topological polar surface area (TPSA) is 127 Å². The van der Waals surface area contributed by atoms with E-state index in [1.807, 2.05) is 0 Å². The molecule has 2 rings (SSSR count). The van der Waals surface area contributed by atoms with E-state index in [-0.39, 0.29) is 20.5 Å². The van der Waals surface area contributed by atoms with Gasteiger partial charge in [0.25, 0.3) is 20.1 Å². The lowest BCUT2D eigenvalue weighted by Crippen LogP contribution is -2.13. The Hall–Kier alpha value is -1.81. The molecule has 4 N–H and O–H groups in total. The summed E-state index contributed by atoms with van der Waals surface area (Å²) >= 11 is 5.85. The Bertz CT molecular complexity index is 909. The Morgan fingerprint density at radius 3 is 2.09 bits per heavy atom. The number of halogens is 1. The molecule has 2 aromatic rings. The minimum absolute atomic E-state index is 0.0398. The smallest absolute Gasteiger partial charge is 0.294 e. The number of hydrogen-bond acceptors (Lipinski definition) is 5. The van der Waals surface area contributed by atoms with Gasteiger partial charge in [0.05, 0.1) is 9.92 Å². The van der Waals surface area contributed by atoms with Crippen LogP contribution in [0.3, 0.4) is 0 Å². The van der Waals surface area contributed by atoms with E-state index >= 15 is 0 Å². The molecule has 0 saturated heterocycles. The monoisotopic (exact) mass is 362 g/mol. The van der Waals surface area contributed by atoms with E-state index in [4.69, 9.17) is 21.9 Å². The van der Waals surface area contributed by atoms with Crippen LogP contribution in [0.4, 0.5) is 11.4 Å². The van der Waals surface area contributed by atoms with Crippen LogP contribution in [0, 0.1) is 0 Å². The van der Waals surface area contributed by atoms with E-state index < -0.39 is 20.1 Å². The maximum atomic E-state index is 12.2. The number of anilines is 2. The van der Waals surface area contributed by atoms with E-state index in [1.165, 1.54) is 30.3 Å². The van der Waals surface area contributed by atoms with E-state index in [1.54, 1.807) is 0 Å². The van der Waals surface area contributed by atoms with Crippen molar-refractivity contribution < 1.29 is 21.4 Å². The summed E-state index contributed by atoms with van der Waals surface area (Å²) in [4.78, 5) is -0.511. The van der Waals surface area contributed by atoms with Crippen molar-refractivity contribution in [3.05, 3.63) is 47.5 Å². The van der Waals surface area contributed by atoms with Gasteiger partial charge in [0.1, 0.15) is 4.90 Å². The molecule has 0 unspecified atom stereocenters. The van der Waals surface area contributed by atoms with E-state index in [9.17, 15) is 16.8 Å². The molecule has 10 heteroatoms. The largest absolute Gasteiger partial charge is 0.399 e. The van der Waals surface area contributed by atoms with Gasteiger partial charge >= 0.3 is 0 Å². The van der Waals surface area contributed by atoms with Crippen LogP contribution in [0.2, 0.25) is 5.02 Å². The molecule has 7 nitrogen and oxygen atoms in total. The van der Waals surface area contributed by atoms with Crippen LogP contribution in [0.15, 0.2) is 52.3 Å². The predicted molar refractivity (Wildman–Crippen MR) is 82.9 cm³/mol. The maximum absolute atomic E-state index is 12.2. The van der Waals surface area contributed by atoms with Gasteiger partial charge in [-0.05, 0) is 42.5 Å². The average Bonchev–Trinajstić information content (AvgIpc) is 2.37. The van der Waals surface area contributed by atoms with Crippen molar-refractivity contribution in [3.8, 4) is 0 Å². The Balaban J connectivity index is 2.33. The fourth-order valence-electron chi connectivity index (χ4n) is 1.64. The molecule has 0 atom stereocenters. The molecule has 118 valence electrons. The summed E-state index contributed by atoms with van der Waals surface area (Å²) < 4.78 is 57.4. The highest BCUT2D eigenvalue weighted by molar-refractivity contribution is 7.92. The minimum atomic E-state index is -4.34. The molecular formula is C12H11ClN2O5S2. The fraction of sp³-hybridized carbons (Fsp3) is 0. The summed E-state index contributed by atoms with van der Waals surface area (Å²) in [5.74, 6) is 0. The highest BCUT2D eigenvalue weighted by atomic mass is 35.5. The zero-order chi connectivity index (χ0) is 16.5. The van der Waals surface area contributed by atoms with Crippen LogP contribution in [0.5, 0.6) is 0 Å². The van der Waals surface area contributed by atoms with Crippen molar-refractivity contribution in [3.63, 3.8) is 0 Å². The number of hydrogen-bond donors (Lipinski definition) is 3. The van der Waals surface area contributed by atoms with E-state index in [0.29, 0.717) is 5.69 Å². The SMILES string of the molecule is Nc1ccc(S(=O)(=O)Nc2ccc(S(=O)(=O)O)cc2)c(Cl)c1. The third-order valence-electron chi connectivity index (χ3n) is 2.65. The van der Waals surface area contributed by atoms with E-state index in [2.05, 4.69) is 4.72 Å². The molecule has 0 aromatic heterocycles. The molecular weight excluding hydrogens is 352 g/mol. The third kappa shape index (κ3) is 3.69. The lowest BCUT2D eigenvalue weighted by molar-refractivity contribution is 0.483. The van der Waals surface area contributed by atoms with Gasteiger partial charge in [-0.25, -0.2) is 8.42 Å². The first-order valence-electron chi connectivity index (χ1n) is 5.75. The molecule has 0 fully saturated rings. The first-order valence-corrected chi connectivity index (χ1v) is 9.05. The van der Waals surface area contributed by atoms with E-state index in [0.717, 1.165) is 12.1 Å². The lowest BCUT2D eigenvalue weighted by atomic mass is 10.3. The Morgan fingerprint density at radius 2 is 1.59 bits per heavy atom. The molecule has 2 aromatic carbocycles. The Labute approximate surface area is 132 Å². The van der Waals surface area contributed by atoms with Crippen LogP contribution in [-0.2, 0) is 20.1 Å². The van der Waals surface area contributed by atoms with Crippen LogP contribution in [0.25, 0.3) is 0 Å². The molecule has 0 bridgehead atoms. The first-order chi connectivity index (χ1) is 10.1. The van der Waals surface area contributed by atoms with Gasteiger partial charge < -0.3 is 5.73 Å². The predicted octanol–water partition coefficient (Wildman–Crippen LogP) is 1.97. The highest BCUT2D eigenvalue weighted by Crippen LogP contribution is 2.26. The molecule has 0 aliphatic heterocycles. The second-order valence-electron chi connectivity index (χ2n) is 4.29. The quantitative estimate of drug-likeness (QED) is 0.563. The van der Waals surface area contributed by atoms with Crippen molar-refractivity contribution in [2.75, 3.05) is 10.5 Å². The maximum Gasteiger partial charge on any atom is 0.294 e. The Kier molecular flexibility index (Phi) is 4.34. The first kappa shape index (κ1) is 16.6. The van der Waals surface area contributed by atoms with Gasteiger partial charge in [0.15, 0.2) is 0 Å². The molecule has 0 aliphatic rings. The fourth-order valence-corrected chi connectivity index (χ4v) is 3.73. The molecule has 0 heterocycles. The molecule has 0 spiro atoms. The van der Waals surface area contributed by atoms with Gasteiger partial charge in [0, 0.05) is 11.4 Å². The number of nitrogen functional groups attached to an aromatic ring is 1. The molecule has 0 amide bonds. The van der Waals surface area contributed by atoms with Crippen molar-refractivity contribution >= 4 is 43.1 Å². The van der Waals surface area contributed by atoms with Gasteiger partial charge in [0.2, 0.25) is 0 Å². The molecule has 0 radical (unpaired) electrons. The van der Waals surface area contributed by atoms with Crippen LogP contribution in [0.1, 0.15) is 0 Å². The summed E-state index contributed by atoms with van der Waals surface area (Å²) in [5.41, 5.74) is 5.93. The molecule has 0 saturated carbocycles. The Morgan fingerprint density at radius 1 is 1.00 bits per heavy atom. The second kappa shape index (κ2) is 5.76. The molecule has 0 aliphatic carbocycles. The number of nitrogens with two attached hydrogens (primary N) is 1. The normalized spacial score (nSPS) is 12.1. The highest BCUT2D eigenvalue weighted by Gasteiger charge is 2.18. The van der Waals surface area contributed by atoms with Crippen molar-refractivity contribution in [2.45, 2.75) is 9.79 Å². The van der Waals surface area contributed by atoms with Gasteiger partial charge in [-0.3, -0.25) is 9.27 Å². The molecule has 22 heavy (non-hydrogen) atoms. The standard InChI is InChI=1S/C12H11ClN2O5S2/c13-11-7-8(14)1-6-12(11)21(16,17)15-9-2-4-10(5-3-9)22(18,19)20/h1-7,15H,14H2,(H,18,19,20). The van der Waals surface area contributed by atoms with Gasteiger partial charge in [-0.15, -0.1) is 0 Å². The van der Waals surface area contributed by atoms with Crippen LogP contribution >= 0.6 is 11.6 Å². The number of rotatable bonds is 4. The summed E-state index contributed by atoms with van der Waals surface area (Å²) in [7, 11) is -8.30. The summed E-state index contributed by atoms with van der Waals surface area (Å²) in [5, 5.41) is -0.0398. The third-order valence-corrected chi connectivity index (χ3v) is 5.38. The van der Waals surface area contributed by atoms with Crippen LogP contribution in [-0.4, -0.2) is 21.4 Å². The van der Waals surface area contributed by atoms with Crippen LogP contribution < -0.4 is 10.5 Å². The number of nitrogens with one attached hydrogen (secondary N) is 1. The van der Waals surface area contributed by atoms with Crippen molar-refractivity contribution in [2.24, 2.45) is 0 Å². The average molecular weight is 363 g/mol. The number of sulfonamides is 1.